The van der Waals surface area contributed by atoms with Crippen LogP contribution >= 0.6 is 0 Å². The molecule has 1 amide bonds. The molecular weight excluding hydrogens is 382 g/mol. The summed E-state index contributed by atoms with van der Waals surface area (Å²) in [6.45, 7) is -3.28. The Hall–Kier alpha value is -3.56. The number of hydrogen-bond donors (Lipinski definition) is 1. The van der Waals surface area contributed by atoms with Crippen LogP contribution < -0.4 is 14.8 Å². The van der Waals surface area contributed by atoms with Crippen molar-refractivity contribution in [1.82, 2.24) is 9.78 Å². The summed E-state index contributed by atoms with van der Waals surface area (Å²) in [6, 6.07) is 9.90. The number of aromatic nitrogens is 2. The molecule has 0 bridgehead atoms. The van der Waals surface area contributed by atoms with Gasteiger partial charge in [-0.25, -0.2) is 13.5 Å². The molecule has 146 valence electrons. The monoisotopic (exact) mass is 395 g/mol. The zero-order valence-corrected chi connectivity index (χ0v) is 14.1. The Morgan fingerprint density at radius 1 is 1.11 bits per heavy atom. The molecule has 0 saturated heterocycles. The van der Waals surface area contributed by atoms with Crippen LogP contribution in [-0.2, 0) is 6.73 Å². The first kappa shape index (κ1) is 19.2. The zero-order valence-electron chi connectivity index (χ0n) is 14.1. The number of carbonyl (C=O) groups is 1. The number of halogens is 4. The number of hydrogen-bond acceptors (Lipinski definition) is 4. The lowest BCUT2D eigenvalue weighted by Crippen LogP contribution is -2.15. The fourth-order valence-electron chi connectivity index (χ4n) is 2.24. The summed E-state index contributed by atoms with van der Waals surface area (Å²) >= 11 is 0. The highest BCUT2D eigenvalue weighted by molar-refractivity contribution is 6.03. The van der Waals surface area contributed by atoms with Crippen molar-refractivity contribution >= 4 is 11.6 Å². The molecule has 10 heteroatoms. The molecule has 1 aromatic heterocycles. The summed E-state index contributed by atoms with van der Waals surface area (Å²) in [4.78, 5) is 12.3. The van der Waals surface area contributed by atoms with Crippen LogP contribution in [0.1, 0.15) is 10.5 Å². The highest BCUT2D eigenvalue weighted by Gasteiger charge is 2.15. The van der Waals surface area contributed by atoms with Gasteiger partial charge in [-0.3, -0.25) is 4.79 Å². The number of nitrogens with one attached hydrogen (secondary N) is 1. The molecule has 0 radical (unpaired) electrons. The van der Waals surface area contributed by atoms with Crippen LogP contribution in [0, 0.1) is 11.6 Å². The largest absolute Gasteiger partial charge is 0.468 e. The molecular formula is C18H13F4N3O3. The van der Waals surface area contributed by atoms with E-state index in [0.717, 1.165) is 12.1 Å². The summed E-state index contributed by atoms with van der Waals surface area (Å²) in [6.07, 6.45) is 1.40. The molecule has 0 saturated carbocycles. The Bertz CT molecular complexity index is 978. The Balaban J connectivity index is 1.64. The van der Waals surface area contributed by atoms with Gasteiger partial charge in [0, 0.05) is 12.3 Å². The van der Waals surface area contributed by atoms with E-state index in [1.54, 1.807) is 0 Å². The van der Waals surface area contributed by atoms with Gasteiger partial charge in [-0.1, -0.05) is 12.1 Å². The molecule has 0 aliphatic heterocycles. The van der Waals surface area contributed by atoms with Gasteiger partial charge in [0.2, 0.25) is 0 Å². The average Bonchev–Trinajstić information content (AvgIpc) is 3.11. The lowest BCUT2D eigenvalue weighted by molar-refractivity contribution is -0.0493. The minimum absolute atomic E-state index is 0.0324. The maximum Gasteiger partial charge on any atom is 0.387 e. The van der Waals surface area contributed by atoms with Crippen molar-refractivity contribution in [3.05, 3.63) is 72.1 Å². The van der Waals surface area contributed by atoms with Gasteiger partial charge in [0.1, 0.15) is 11.6 Å². The van der Waals surface area contributed by atoms with Crippen LogP contribution in [0.5, 0.6) is 11.5 Å². The molecule has 2 aromatic carbocycles. The summed E-state index contributed by atoms with van der Waals surface area (Å²) in [5, 5.41) is 6.37. The van der Waals surface area contributed by atoms with Crippen LogP contribution in [0.15, 0.2) is 54.7 Å². The van der Waals surface area contributed by atoms with Gasteiger partial charge >= 0.3 is 6.61 Å². The Kier molecular flexibility index (Phi) is 5.78. The standard InChI is InChI=1S/C18H13F4N3O3/c19-11-5-6-15(12(20)9-11)27-10-25-8-7-14(24-25)17(26)23-13-3-1-2-4-16(13)28-18(21)22/h1-9,18H,10H2,(H,23,26). The number of benzene rings is 2. The van der Waals surface area contributed by atoms with E-state index in [4.69, 9.17) is 4.74 Å². The van der Waals surface area contributed by atoms with Gasteiger partial charge in [0.25, 0.3) is 5.91 Å². The number of alkyl halides is 2. The average molecular weight is 395 g/mol. The third-order valence-electron chi connectivity index (χ3n) is 3.47. The van der Waals surface area contributed by atoms with Gasteiger partial charge in [-0.15, -0.1) is 0 Å². The number of anilines is 1. The van der Waals surface area contributed by atoms with E-state index in [0.29, 0.717) is 6.07 Å². The summed E-state index contributed by atoms with van der Waals surface area (Å²) in [7, 11) is 0. The smallest absolute Gasteiger partial charge is 0.387 e. The number of amides is 1. The molecule has 28 heavy (non-hydrogen) atoms. The number of nitrogens with zero attached hydrogens (tertiary/aromatic N) is 2. The Morgan fingerprint density at radius 2 is 1.89 bits per heavy atom. The van der Waals surface area contributed by atoms with Crippen molar-refractivity contribution in [2.45, 2.75) is 13.3 Å². The number of carbonyl (C=O) groups excluding carboxylic acids is 1. The number of para-hydroxylation sites is 2. The van der Waals surface area contributed by atoms with E-state index in [2.05, 4.69) is 15.2 Å². The second-order valence-electron chi connectivity index (χ2n) is 5.42. The van der Waals surface area contributed by atoms with E-state index >= 15 is 0 Å². The zero-order chi connectivity index (χ0) is 20.1. The minimum Gasteiger partial charge on any atom is -0.468 e. The predicted octanol–water partition coefficient (Wildman–Crippen LogP) is 4.05. The normalized spacial score (nSPS) is 10.8. The van der Waals surface area contributed by atoms with Crippen molar-refractivity contribution in [2.24, 2.45) is 0 Å². The molecule has 0 atom stereocenters. The third kappa shape index (κ3) is 4.78. The van der Waals surface area contributed by atoms with Crippen LogP contribution in [0.4, 0.5) is 23.2 Å². The highest BCUT2D eigenvalue weighted by atomic mass is 19.3. The van der Waals surface area contributed by atoms with E-state index in [1.807, 2.05) is 0 Å². The molecule has 0 spiro atoms. The molecule has 1 N–H and O–H groups in total. The van der Waals surface area contributed by atoms with Crippen LogP contribution in [0.25, 0.3) is 0 Å². The van der Waals surface area contributed by atoms with E-state index < -0.39 is 24.2 Å². The van der Waals surface area contributed by atoms with E-state index in [1.165, 1.54) is 41.2 Å². The number of rotatable bonds is 7. The molecule has 3 rings (SSSR count). The molecule has 0 unspecified atom stereocenters. The van der Waals surface area contributed by atoms with Crippen LogP contribution in [-0.4, -0.2) is 22.3 Å². The molecule has 3 aromatic rings. The van der Waals surface area contributed by atoms with Gasteiger partial charge in [-0.05, 0) is 30.3 Å². The first-order chi connectivity index (χ1) is 13.4. The fraction of sp³-hybridized carbons (Fsp3) is 0.111. The van der Waals surface area contributed by atoms with Crippen molar-refractivity contribution in [3.63, 3.8) is 0 Å². The van der Waals surface area contributed by atoms with Crippen molar-refractivity contribution in [1.29, 1.82) is 0 Å². The predicted molar refractivity (Wildman–Crippen MR) is 90.2 cm³/mol. The number of ether oxygens (including phenoxy) is 2. The van der Waals surface area contributed by atoms with Gasteiger partial charge in [0.05, 0.1) is 5.69 Å². The van der Waals surface area contributed by atoms with Crippen molar-refractivity contribution in [3.8, 4) is 11.5 Å². The Morgan fingerprint density at radius 3 is 2.64 bits per heavy atom. The molecule has 1 heterocycles. The van der Waals surface area contributed by atoms with Gasteiger partial charge in [0.15, 0.2) is 24.0 Å². The summed E-state index contributed by atoms with van der Waals surface area (Å²) in [5.74, 6) is -2.65. The third-order valence-corrected chi connectivity index (χ3v) is 3.47. The highest BCUT2D eigenvalue weighted by Crippen LogP contribution is 2.26. The molecule has 6 nitrogen and oxygen atoms in total. The maximum atomic E-state index is 13.5. The topological polar surface area (TPSA) is 65.4 Å². The van der Waals surface area contributed by atoms with Crippen LogP contribution in [0.3, 0.4) is 0 Å². The molecule has 0 fully saturated rings. The summed E-state index contributed by atoms with van der Waals surface area (Å²) < 4.78 is 62.0. The van der Waals surface area contributed by atoms with Crippen LogP contribution in [0.2, 0.25) is 0 Å². The van der Waals surface area contributed by atoms with E-state index in [-0.39, 0.29) is 29.6 Å². The van der Waals surface area contributed by atoms with Gasteiger partial charge in [-0.2, -0.15) is 13.9 Å². The maximum absolute atomic E-state index is 13.5. The SMILES string of the molecule is O=C(Nc1ccccc1OC(F)F)c1ccn(COc2ccc(F)cc2F)n1. The quantitative estimate of drug-likeness (QED) is 0.613. The van der Waals surface area contributed by atoms with Crippen molar-refractivity contribution < 1.29 is 31.8 Å². The molecule has 0 aliphatic rings. The Labute approximate surface area is 156 Å². The lowest BCUT2D eigenvalue weighted by atomic mass is 10.3. The van der Waals surface area contributed by atoms with Gasteiger partial charge < -0.3 is 14.8 Å². The van der Waals surface area contributed by atoms with E-state index in [9.17, 15) is 22.4 Å². The van der Waals surface area contributed by atoms with Crippen molar-refractivity contribution in [2.75, 3.05) is 5.32 Å². The summed E-state index contributed by atoms with van der Waals surface area (Å²) in [5.41, 5.74) is 0.0158. The molecule has 0 aliphatic carbocycles. The second kappa shape index (κ2) is 8.42. The first-order valence-corrected chi connectivity index (χ1v) is 7.89. The second-order valence-corrected chi connectivity index (χ2v) is 5.42. The first-order valence-electron chi connectivity index (χ1n) is 7.89. The fourth-order valence-corrected chi connectivity index (χ4v) is 2.24. The minimum atomic E-state index is -3.04. The lowest BCUT2D eigenvalue weighted by Gasteiger charge is -2.10.